The summed E-state index contributed by atoms with van der Waals surface area (Å²) in [5, 5.41) is 10.7. The van der Waals surface area contributed by atoms with E-state index in [1.165, 1.54) is 31.2 Å². The summed E-state index contributed by atoms with van der Waals surface area (Å²) in [6.45, 7) is -0.0108. The molecular formula is C15H22N6O3. The molecule has 9 nitrogen and oxygen atoms in total. The smallest absolute Gasteiger partial charge is 0.327 e. The van der Waals surface area contributed by atoms with Crippen LogP contribution >= 0.6 is 0 Å². The van der Waals surface area contributed by atoms with Crippen LogP contribution in [0.4, 0.5) is 4.79 Å². The second kappa shape index (κ2) is 6.98. The lowest BCUT2D eigenvalue weighted by molar-refractivity contribution is -0.130. The summed E-state index contributed by atoms with van der Waals surface area (Å²) < 4.78 is 2.03. The Kier molecular flexibility index (Phi) is 4.77. The van der Waals surface area contributed by atoms with E-state index in [1.54, 1.807) is 6.33 Å². The zero-order valence-electron chi connectivity index (χ0n) is 13.8. The molecule has 1 aromatic heterocycles. The molecule has 0 unspecified atom stereocenters. The molecule has 1 saturated carbocycles. The largest absolute Gasteiger partial charge is 0.347 e. The topological polar surface area (TPSA) is 100 Å². The first-order valence-corrected chi connectivity index (χ1v) is 8.27. The number of hydrogen-bond acceptors (Lipinski definition) is 5. The first-order valence-electron chi connectivity index (χ1n) is 8.27. The van der Waals surface area contributed by atoms with E-state index in [1.807, 2.05) is 4.57 Å². The highest BCUT2D eigenvalue weighted by atomic mass is 16.2. The van der Waals surface area contributed by atoms with Gasteiger partial charge in [-0.3, -0.25) is 14.5 Å². The second-order valence-electron chi connectivity index (χ2n) is 6.34. The summed E-state index contributed by atoms with van der Waals surface area (Å²) in [5.74, 6) is -0.0420. The summed E-state index contributed by atoms with van der Waals surface area (Å²) >= 11 is 0. The third-order valence-corrected chi connectivity index (χ3v) is 4.59. The number of carbonyl (C=O) groups excluding carboxylic acids is 3. The third kappa shape index (κ3) is 3.39. The van der Waals surface area contributed by atoms with Crippen molar-refractivity contribution in [1.29, 1.82) is 0 Å². The van der Waals surface area contributed by atoms with Crippen molar-refractivity contribution in [3.8, 4) is 0 Å². The predicted octanol–water partition coefficient (Wildman–Crippen LogP) is 0.293. The third-order valence-electron chi connectivity index (χ3n) is 4.59. The maximum absolute atomic E-state index is 12.0. The van der Waals surface area contributed by atoms with Crippen LogP contribution in [0, 0.1) is 0 Å². The van der Waals surface area contributed by atoms with Crippen molar-refractivity contribution in [2.75, 3.05) is 20.1 Å². The van der Waals surface area contributed by atoms with Crippen LogP contribution in [0.5, 0.6) is 0 Å². The number of likely N-dealkylation sites (N-methyl/N-ethyl adjacent to an activating group) is 1. The maximum atomic E-state index is 12.0. The van der Waals surface area contributed by atoms with Crippen LogP contribution in [-0.2, 0) is 16.1 Å². The Morgan fingerprint density at radius 3 is 2.71 bits per heavy atom. The number of amides is 4. The van der Waals surface area contributed by atoms with Crippen molar-refractivity contribution in [2.24, 2.45) is 0 Å². The van der Waals surface area contributed by atoms with E-state index in [0.29, 0.717) is 11.9 Å². The first-order chi connectivity index (χ1) is 11.6. The summed E-state index contributed by atoms with van der Waals surface area (Å²) in [5.41, 5.74) is 0. The van der Waals surface area contributed by atoms with Gasteiger partial charge in [0.1, 0.15) is 19.4 Å². The summed E-state index contributed by atoms with van der Waals surface area (Å²) in [4.78, 5) is 37.7. The van der Waals surface area contributed by atoms with Crippen molar-refractivity contribution in [1.82, 2.24) is 29.9 Å². The number of nitrogens with zero attached hydrogens (tertiary/aromatic N) is 5. The molecule has 2 fully saturated rings. The molecule has 1 aromatic rings. The zero-order chi connectivity index (χ0) is 17.1. The molecule has 9 heteroatoms. The van der Waals surface area contributed by atoms with Gasteiger partial charge >= 0.3 is 6.03 Å². The number of hydrogen-bond donors (Lipinski definition) is 1. The second-order valence-corrected chi connectivity index (χ2v) is 6.34. The Hall–Kier alpha value is -2.45. The normalized spacial score (nSPS) is 19.2. The van der Waals surface area contributed by atoms with Crippen molar-refractivity contribution in [2.45, 2.75) is 44.7 Å². The number of aromatic nitrogens is 3. The Balaban J connectivity index is 1.54. The van der Waals surface area contributed by atoms with Gasteiger partial charge in [0.25, 0.3) is 5.91 Å². The van der Waals surface area contributed by atoms with Crippen LogP contribution in [0.1, 0.15) is 44.0 Å². The molecule has 0 atom stereocenters. The molecule has 2 aliphatic rings. The van der Waals surface area contributed by atoms with Crippen molar-refractivity contribution < 1.29 is 14.4 Å². The molecule has 1 aliphatic carbocycles. The fourth-order valence-corrected chi connectivity index (χ4v) is 3.26. The van der Waals surface area contributed by atoms with Crippen LogP contribution in [0.2, 0.25) is 0 Å². The zero-order valence-corrected chi connectivity index (χ0v) is 13.8. The van der Waals surface area contributed by atoms with Crippen LogP contribution in [-0.4, -0.2) is 62.5 Å². The molecule has 0 aromatic carbocycles. The van der Waals surface area contributed by atoms with Gasteiger partial charge in [-0.15, -0.1) is 10.2 Å². The van der Waals surface area contributed by atoms with Gasteiger partial charge in [-0.2, -0.15) is 0 Å². The summed E-state index contributed by atoms with van der Waals surface area (Å²) in [6.07, 6.45) is 7.56. The molecule has 1 saturated heterocycles. The van der Waals surface area contributed by atoms with Crippen LogP contribution in [0.25, 0.3) is 0 Å². The Morgan fingerprint density at radius 1 is 1.29 bits per heavy atom. The number of nitrogens with one attached hydrogen (secondary N) is 1. The average molecular weight is 334 g/mol. The van der Waals surface area contributed by atoms with Gasteiger partial charge in [0.15, 0.2) is 5.82 Å². The lowest BCUT2D eigenvalue weighted by Gasteiger charge is -2.24. The maximum Gasteiger partial charge on any atom is 0.327 e. The van der Waals surface area contributed by atoms with E-state index < -0.39 is 6.03 Å². The van der Waals surface area contributed by atoms with E-state index in [4.69, 9.17) is 0 Å². The van der Waals surface area contributed by atoms with E-state index in [-0.39, 0.29) is 31.4 Å². The fourth-order valence-electron chi connectivity index (χ4n) is 3.26. The molecule has 0 bridgehead atoms. The van der Waals surface area contributed by atoms with Gasteiger partial charge in [-0.1, -0.05) is 19.3 Å². The Morgan fingerprint density at radius 2 is 2.04 bits per heavy atom. The van der Waals surface area contributed by atoms with E-state index in [0.717, 1.165) is 17.7 Å². The van der Waals surface area contributed by atoms with Gasteiger partial charge in [-0.05, 0) is 12.8 Å². The monoisotopic (exact) mass is 334 g/mol. The molecule has 0 spiro atoms. The van der Waals surface area contributed by atoms with E-state index in [9.17, 15) is 14.4 Å². The van der Waals surface area contributed by atoms with Crippen molar-refractivity contribution in [3.05, 3.63) is 12.2 Å². The molecule has 4 amide bonds. The van der Waals surface area contributed by atoms with Crippen molar-refractivity contribution in [3.63, 3.8) is 0 Å². The molecule has 24 heavy (non-hydrogen) atoms. The van der Waals surface area contributed by atoms with E-state index >= 15 is 0 Å². The van der Waals surface area contributed by atoms with Crippen LogP contribution in [0.3, 0.4) is 0 Å². The SMILES string of the molecule is CN1CC(=O)N(CC(=O)NCc2nncn2C2CCCCC2)C1=O. The highest BCUT2D eigenvalue weighted by Crippen LogP contribution is 2.28. The van der Waals surface area contributed by atoms with Crippen LogP contribution < -0.4 is 5.32 Å². The predicted molar refractivity (Wildman–Crippen MR) is 83.7 cm³/mol. The quantitative estimate of drug-likeness (QED) is 0.780. The summed E-state index contributed by atoms with van der Waals surface area (Å²) in [6, 6.07) is -0.0587. The highest BCUT2D eigenvalue weighted by Gasteiger charge is 2.34. The molecule has 3 rings (SSSR count). The highest BCUT2D eigenvalue weighted by molar-refractivity contribution is 6.04. The lowest BCUT2D eigenvalue weighted by Crippen LogP contribution is -2.41. The minimum absolute atomic E-state index is 0.0160. The Labute approximate surface area is 140 Å². The minimum atomic E-state index is -0.444. The number of urea groups is 1. The van der Waals surface area contributed by atoms with Crippen LogP contribution in [0.15, 0.2) is 6.33 Å². The molecule has 1 N–H and O–H groups in total. The summed E-state index contributed by atoms with van der Waals surface area (Å²) in [7, 11) is 1.53. The van der Waals surface area contributed by atoms with Gasteiger partial charge in [0.05, 0.1) is 6.54 Å². The number of imide groups is 1. The number of carbonyl (C=O) groups is 3. The van der Waals surface area contributed by atoms with Gasteiger partial charge in [0, 0.05) is 13.1 Å². The first kappa shape index (κ1) is 16.4. The minimum Gasteiger partial charge on any atom is -0.347 e. The van der Waals surface area contributed by atoms with Gasteiger partial charge in [-0.25, -0.2) is 4.79 Å². The Bertz CT molecular complexity index is 637. The van der Waals surface area contributed by atoms with Crippen molar-refractivity contribution >= 4 is 17.8 Å². The molecule has 0 radical (unpaired) electrons. The number of rotatable bonds is 5. The lowest BCUT2D eigenvalue weighted by atomic mass is 9.95. The molecule has 130 valence electrons. The fraction of sp³-hybridized carbons (Fsp3) is 0.667. The molecule has 2 heterocycles. The van der Waals surface area contributed by atoms with E-state index in [2.05, 4.69) is 15.5 Å². The average Bonchev–Trinajstić information content (AvgIpc) is 3.14. The molecule has 1 aliphatic heterocycles. The van der Waals surface area contributed by atoms with Gasteiger partial charge in [0.2, 0.25) is 5.91 Å². The van der Waals surface area contributed by atoms with Gasteiger partial charge < -0.3 is 14.8 Å². The molecular weight excluding hydrogens is 312 g/mol. The standard InChI is InChI=1S/C15H22N6O3/c1-19-9-14(23)20(15(19)24)8-13(22)16-7-12-18-17-10-21(12)11-5-3-2-4-6-11/h10-11H,2-9H2,1H3,(H,16,22).